The number of nitrogens with zero attached hydrogens (tertiary/aromatic N) is 3. The van der Waals surface area contributed by atoms with Crippen LogP contribution in [0.4, 0.5) is 8.78 Å². The van der Waals surface area contributed by atoms with Crippen LogP contribution < -0.4 is 0 Å². The summed E-state index contributed by atoms with van der Waals surface area (Å²) < 4.78 is 28.5. The van der Waals surface area contributed by atoms with Crippen LogP contribution in [0.15, 0.2) is 54.4 Å². The summed E-state index contributed by atoms with van der Waals surface area (Å²) in [6.45, 7) is 0. The number of aliphatic hydroxyl groups is 2. The maximum atomic E-state index is 13.4. The van der Waals surface area contributed by atoms with Crippen LogP contribution >= 0.6 is 0 Å². The molecule has 3 aromatic rings. The first kappa shape index (κ1) is 20.7. The van der Waals surface area contributed by atoms with Crippen LogP contribution in [0.5, 0.6) is 0 Å². The van der Waals surface area contributed by atoms with E-state index in [1.54, 1.807) is 12.1 Å². The van der Waals surface area contributed by atoms with Gasteiger partial charge in [-0.2, -0.15) is 5.10 Å². The summed E-state index contributed by atoms with van der Waals surface area (Å²) in [5, 5.41) is 27.5. The lowest BCUT2D eigenvalue weighted by atomic mass is 9.61. The number of aromatic nitrogens is 3. The molecule has 0 radical (unpaired) electrons. The molecule has 170 valence electrons. The van der Waals surface area contributed by atoms with Gasteiger partial charge >= 0.3 is 0 Å². The molecule has 1 aromatic carbocycles. The Morgan fingerprint density at radius 2 is 1.82 bits per heavy atom. The van der Waals surface area contributed by atoms with Crippen LogP contribution in [0, 0.1) is 23.0 Å². The minimum atomic E-state index is -1.09. The number of fused-ring (bicyclic) bond motifs is 2. The maximum absolute atomic E-state index is 13.4. The topological polar surface area (TPSA) is 71.2 Å². The van der Waals surface area contributed by atoms with Crippen molar-refractivity contribution >= 4 is 6.08 Å². The molecule has 0 amide bonds. The molecule has 3 atom stereocenters. The maximum Gasteiger partial charge on any atom is 0.141 e. The van der Waals surface area contributed by atoms with E-state index < -0.39 is 22.9 Å². The minimum Gasteiger partial charge on any atom is -0.389 e. The van der Waals surface area contributed by atoms with Gasteiger partial charge in [0.15, 0.2) is 0 Å². The predicted molar refractivity (Wildman–Crippen MR) is 118 cm³/mol. The van der Waals surface area contributed by atoms with Crippen LogP contribution in [0.3, 0.4) is 0 Å². The number of hydrogen-bond acceptors (Lipinski definition) is 4. The Labute approximate surface area is 190 Å². The molecular formula is C26H25F2N3O2. The highest BCUT2D eigenvalue weighted by Crippen LogP contribution is 2.66. The minimum absolute atomic E-state index is 0.154. The average molecular weight is 450 g/mol. The Morgan fingerprint density at radius 1 is 1.06 bits per heavy atom. The summed E-state index contributed by atoms with van der Waals surface area (Å²) >= 11 is 0. The van der Waals surface area contributed by atoms with Gasteiger partial charge in [-0.05, 0) is 86.1 Å². The Kier molecular flexibility index (Phi) is 4.58. The van der Waals surface area contributed by atoms with Gasteiger partial charge in [-0.25, -0.2) is 13.5 Å². The van der Waals surface area contributed by atoms with E-state index in [-0.39, 0.29) is 12.2 Å². The highest BCUT2D eigenvalue weighted by molar-refractivity contribution is 5.63. The molecule has 2 saturated carbocycles. The third-order valence-electron chi connectivity index (χ3n) is 7.85. The summed E-state index contributed by atoms with van der Waals surface area (Å²) in [6, 6.07) is 9.02. The number of benzene rings is 1. The molecule has 7 heteroatoms. The molecule has 2 fully saturated rings. The zero-order valence-electron chi connectivity index (χ0n) is 18.1. The van der Waals surface area contributed by atoms with Gasteiger partial charge in [0, 0.05) is 11.8 Å². The van der Waals surface area contributed by atoms with Crippen molar-refractivity contribution < 1.29 is 19.0 Å². The summed E-state index contributed by atoms with van der Waals surface area (Å²) in [6.07, 6.45) is 8.30. The third kappa shape index (κ3) is 3.17. The molecule has 2 aromatic heterocycles. The van der Waals surface area contributed by atoms with Crippen LogP contribution in [0.2, 0.25) is 0 Å². The molecule has 0 spiro atoms. The molecule has 5 nitrogen and oxygen atoms in total. The third-order valence-corrected chi connectivity index (χ3v) is 7.85. The van der Waals surface area contributed by atoms with E-state index >= 15 is 0 Å². The molecule has 3 aliphatic rings. The Bertz CT molecular complexity index is 1230. The van der Waals surface area contributed by atoms with E-state index in [1.807, 2.05) is 10.9 Å². The number of halogens is 2. The van der Waals surface area contributed by atoms with Gasteiger partial charge in [0.2, 0.25) is 0 Å². The first-order chi connectivity index (χ1) is 15.9. The second-order valence-electron chi connectivity index (χ2n) is 9.69. The summed E-state index contributed by atoms with van der Waals surface area (Å²) in [5.74, 6) is -0.393. The zero-order valence-corrected chi connectivity index (χ0v) is 18.1. The standard InChI is InChI=1S/C26H25F2N3O2/c27-19-3-6-21(7-4-19)31-23-11-18-9-10-25(33,13-24(32)22-8-5-20(28)15-29-22)26(18,17-1-2-17)12-16(23)14-30-31/h3-8,11,14-15,17,24,32-33H,1-2,9-10,12-13H2/t24?,25-,26-/m1/s1. The van der Waals surface area contributed by atoms with Crippen molar-refractivity contribution in [3.05, 3.63) is 83.0 Å². The summed E-state index contributed by atoms with van der Waals surface area (Å²) in [4.78, 5) is 4.03. The lowest BCUT2D eigenvalue weighted by molar-refractivity contribution is -0.0911. The van der Waals surface area contributed by atoms with Crippen molar-refractivity contribution in [1.29, 1.82) is 0 Å². The number of pyridine rings is 1. The first-order valence-corrected chi connectivity index (χ1v) is 11.5. The molecule has 33 heavy (non-hydrogen) atoms. The number of hydrogen-bond donors (Lipinski definition) is 2. The van der Waals surface area contributed by atoms with Gasteiger partial charge < -0.3 is 10.2 Å². The van der Waals surface area contributed by atoms with Crippen LogP contribution in [-0.4, -0.2) is 30.6 Å². The molecule has 1 unspecified atom stereocenters. The van der Waals surface area contributed by atoms with Gasteiger partial charge in [0.25, 0.3) is 0 Å². The molecule has 6 rings (SSSR count). The van der Waals surface area contributed by atoms with Crippen LogP contribution in [0.1, 0.15) is 55.2 Å². The molecule has 2 heterocycles. The normalized spacial score (nSPS) is 27.1. The first-order valence-electron chi connectivity index (χ1n) is 11.5. The largest absolute Gasteiger partial charge is 0.389 e. The van der Waals surface area contributed by atoms with E-state index in [4.69, 9.17) is 0 Å². The highest BCUT2D eigenvalue weighted by atomic mass is 19.1. The van der Waals surface area contributed by atoms with Gasteiger partial charge in [-0.1, -0.05) is 5.57 Å². The number of rotatable bonds is 5. The van der Waals surface area contributed by atoms with Gasteiger partial charge in [0.1, 0.15) is 11.6 Å². The second kappa shape index (κ2) is 7.30. The molecule has 0 bridgehead atoms. The van der Waals surface area contributed by atoms with Gasteiger partial charge in [-0.15, -0.1) is 0 Å². The van der Waals surface area contributed by atoms with Crippen molar-refractivity contribution in [3.63, 3.8) is 0 Å². The van der Waals surface area contributed by atoms with E-state index in [0.29, 0.717) is 24.5 Å². The van der Waals surface area contributed by atoms with E-state index in [1.165, 1.54) is 29.8 Å². The van der Waals surface area contributed by atoms with Crippen molar-refractivity contribution in [3.8, 4) is 5.69 Å². The smallest absolute Gasteiger partial charge is 0.141 e. The molecule has 2 N–H and O–H groups in total. The Morgan fingerprint density at radius 3 is 2.52 bits per heavy atom. The van der Waals surface area contributed by atoms with Crippen molar-refractivity contribution in [2.24, 2.45) is 11.3 Å². The molecule has 0 aliphatic heterocycles. The Hall–Kier alpha value is -2.90. The molecular weight excluding hydrogens is 424 g/mol. The van der Waals surface area contributed by atoms with Gasteiger partial charge in [0.05, 0.1) is 41.2 Å². The molecule has 3 aliphatic carbocycles. The van der Waals surface area contributed by atoms with E-state index in [9.17, 15) is 19.0 Å². The van der Waals surface area contributed by atoms with Crippen molar-refractivity contribution in [1.82, 2.24) is 14.8 Å². The van der Waals surface area contributed by atoms with Crippen LogP contribution in [-0.2, 0) is 6.42 Å². The quantitative estimate of drug-likeness (QED) is 0.601. The van der Waals surface area contributed by atoms with Crippen molar-refractivity contribution in [2.45, 2.75) is 50.2 Å². The highest BCUT2D eigenvalue weighted by Gasteiger charge is 2.64. The summed E-state index contributed by atoms with van der Waals surface area (Å²) in [7, 11) is 0. The fourth-order valence-electron chi connectivity index (χ4n) is 6.16. The number of aliphatic hydroxyl groups excluding tert-OH is 1. The van der Waals surface area contributed by atoms with Crippen molar-refractivity contribution in [2.75, 3.05) is 0 Å². The van der Waals surface area contributed by atoms with Gasteiger partial charge in [-0.3, -0.25) is 4.98 Å². The predicted octanol–water partition coefficient (Wildman–Crippen LogP) is 4.53. The molecule has 0 saturated heterocycles. The lowest BCUT2D eigenvalue weighted by Gasteiger charge is -2.46. The lowest BCUT2D eigenvalue weighted by Crippen LogP contribution is -2.49. The van der Waals surface area contributed by atoms with E-state index in [0.717, 1.165) is 42.4 Å². The van der Waals surface area contributed by atoms with Crippen LogP contribution in [0.25, 0.3) is 11.8 Å². The summed E-state index contributed by atoms with van der Waals surface area (Å²) in [5.41, 5.74) is 2.84. The Balaban J connectivity index is 1.37. The zero-order chi connectivity index (χ0) is 22.8. The SMILES string of the molecule is OC(C[C@]1(O)CCC2=Cc3c(cnn3-c3ccc(F)cc3)C[C@@]21C1CC1)c1ccc(F)cn1. The van der Waals surface area contributed by atoms with E-state index in [2.05, 4.69) is 16.2 Å². The average Bonchev–Trinajstić information content (AvgIpc) is 3.52. The fourth-order valence-corrected chi connectivity index (χ4v) is 6.16. The second-order valence-corrected chi connectivity index (χ2v) is 9.69. The monoisotopic (exact) mass is 449 g/mol. The fraction of sp³-hybridized carbons (Fsp3) is 0.385.